The van der Waals surface area contributed by atoms with Crippen LogP contribution in [0.2, 0.25) is 0 Å². The first-order chi connectivity index (χ1) is 6.39. The minimum absolute atomic E-state index is 0.366. The minimum Gasteiger partial charge on any atom is -0.511 e. The third kappa shape index (κ3) is 2.89. The molecule has 76 valence electrons. The van der Waals surface area contributed by atoms with Crippen molar-refractivity contribution in [2.75, 3.05) is 0 Å². The van der Waals surface area contributed by atoms with Crippen molar-refractivity contribution in [1.82, 2.24) is 4.98 Å². The molecule has 0 saturated carbocycles. The lowest BCUT2D eigenvalue weighted by atomic mass is 10.2. The van der Waals surface area contributed by atoms with E-state index in [1.165, 1.54) is 0 Å². The summed E-state index contributed by atoms with van der Waals surface area (Å²) in [7, 11) is -2.17. The van der Waals surface area contributed by atoms with E-state index < -0.39 is 19.1 Å². The summed E-state index contributed by atoms with van der Waals surface area (Å²) in [6.07, 6.45) is -2.99. The molecular formula is C6H5BF3NO3. The Hall–Kier alpha value is -1.28. The summed E-state index contributed by atoms with van der Waals surface area (Å²) >= 11 is 0. The number of nitrogens with zero attached hydrogens (tertiary/aromatic N) is 1. The van der Waals surface area contributed by atoms with Crippen molar-refractivity contribution >= 4 is 7.32 Å². The van der Waals surface area contributed by atoms with Gasteiger partial charge in [0.05, 0.1) is 11.8 Å². The Balaban J connectivity index is 2.90. The minimum atomic E-state index is -4.53. The van der Waals surface area contributed by atoms with Gasteiger partial charge in [-0.3, -0.25) is 4.98 Å². The van der Waals surface area contributed by atoms with E-state index in [-0.39, 0.29) is 5.75 Å². The number of hydrogen-bond acceptors (Lipinski definition) is 4. The largest absolute Gasteiger partial charge is 0.707 e. The van der Waals surface area contributed by atoms with E-state index >= 15 is 0 Å². The van der Waals surface area contributed by atoms with Gasteiger partial charge < -0.3 is 14.7 Å². The van der Waals surface area contributed by atoms with Gasteiger partial charge in [0, 0.05) is 6.20 Å². The Morgan fingerprint density at radius 3 is 2.43 bits per heavy atom. The summed E-state index contributed by atoms with van der Waals surface area (Å²) in [6.45, 7) is 0. The number of halogens is 3. The van der Waals surface area contributed by atoms with Gasteiger partial charge in [0.25, 0.3) is 0 Å². The van der Waals surface area contributed by atoms with Crippen LogP contribution in [0.15, 0.2) is 18.5 Å². The molecule has 14 heavy (non-hydrogen) atoms. The first-order valence-electron chi connectivity index (χ1n) is 3.44. The number of alkyl halides is 3. The summed E-state index contributed by atoms with van der Waals surface area (Å²) in [5.41, 5.74) is -1.02. The van der Waals surface area contributed by atoms with Crippen LogP contribution < -0.4 is 4.65 Å². The average Bonchev–Trinajstić information content (AvgIpc) is 2.01. The molecule has 0 atom stereocenters. The highest BCUT2D eigenvalue weighted by molar-refractivity contribution is 6.33. The number of pyridine rings is 1. The lowest BCUT2D eigenvalue weighted by molar-refractivity contribution is -0.137. The van der Waals surface area contributed by atoms with Crippen molar-refractivity contribution in [3.05, 3.63) is 24.0 Å². The van der Waals surface area contributed by atoms with Gasteiger partial charge in [-0.05, 0) is 6.07 Å². The molecule has 0 fully saturated rings. The fraction of sp³-hybridized carbons (Fsp3) is 0.167. The molecule has 0 spiro atoms. The van der Waals surface area contributed by atoms with E-state index in [0.717, 1.165) is 6.20 Å². The van der Waals surface area contributed by atoms with Crippen molar-refractivity contribution in [2.24, 2.45) is 0 Å². The lowest BCUT2D eigenvalue weighted by Gasteiger charge is -2.08. The van der Waals surface area contributed by atoms with Crippen LogP contribution >= 0.6 is 0 Å². The van der Waals surface area contributed by atoms with Gasteiger partial charge in [-0.1, -0.05) is 0 Å². The Morgan fingerprint density at radius 2 is 1.93 bits per heavy atom. The van der Waals surface area contributed by atoms with E-state index in [9.17, 15) is 13.2 Å². The topological polar surface area (TPSA) is 62.6 Å². The maximum absolute atomic E-state index is 12.1. The van der Waals surface area contributed by atoms with Crippen molar-refractivity contribution in [1.29, 1.82) is 0 Å². The molecule has 8 heteroatoms. The highest BCUT2D eigenvalue weighted by Crippen LogP contribution is 2.30. The molecule has 0 aliphatic rings. The maximum atomic E-state index is 12.1. The molecule has 0 aromatic carbocycles. The predicted octanol–water partition coefficient (Wildman–Crippen LogP) is 0.449. The van der Waals surface area contributed by atoms with Crippen LogP contribution in [0.5, 0.6) is 5.75 Å². The van der Waals surface area contributed by atoms with E-state index in [4.69, 9.17) is 10.0 Å². The first-order valence-corrected chi connectivity index (χ1v) is 3.44. The zero-order valence-corrected chi connectivity index (χ0v) is 6.69. The monoisotopic (exact) mass is 207 g/mol. The van der Waals surface area contributed by atoms with Gasteiger partial charge in [0.1, 0.15) is 5.75 Å². The highest BCUT2D eigenvalue weighted by Gasteiger charge is 2.31. The average molecular weight is 207 g/mol. The first kappa shape index (κ1) is 10.8. The molecule has 0 aliphatic heterocycles. The number of rotatable bonds is 2. The van der Waals surface area contributed by atoms with Gasteiger partial charge in [0.2, 0.25) is 0 Å². The van der Waals surface area contributed by atoms with E-state index in [0.29, 0.717) is 12.3 Å². The maximum Gasteiger partial charge on any atom is 0.707 e. The summed E-state index contributed by atoms with van der Waals surface area (Å²) in [5, 5.41) is 16.6. The molecule has 1 aromatic rings. The molecule has 0 saturated heterocycles. The van der Waals surface area contributed by atoms with Crippen LogP contribution in [0.25, 0.3) is 0 Å². The predicted molar refractivity (Wildman–Crippen MR) is 40.1 cm³/mol. The van der Waals surface area contributed by atoms with Crippen LogP contribution in [0.4, 0.5) is 13.2 Å². The zero-order valence-electron chi connectivity index (χ0n) is 6.69. The van der Waals surface area contributed by atoms with E-state index in [1.807, 2.05) is 0 Å². The van der Waals surface area contributed by atoms with Gasteiger partial charge in [-0.25, -0.2) is 0 Å². The molecular weight excluding hydrogens is 202 g/mol. The lowest BCUT2D eigenvalue weighted by Crippen LogP contribution is -2.21. The van der Waals surface area contributed by atoms with Crippen molar-refractivity contribution in [2.45, 2.75) is 6.18 Å². The van der Waals surface area contributed by atoms with Crippen LogP contribution in [0.3, 0.4) is 0 Å². The molecule has 0 amide bonds. The highest BCUT2D eigenvalue weighted by atomic mass is 19.4. The molecule has 0 unspecified atom stereocenters. The normalized spacial score (nSPS) is 11.2. The molecule has 0 radical (unpaired) electrons. The van der Waals surface area contributed by atoms with Crippen molar-refractivity contribution < 1.29 is 27.9 Å². The van der Waals surface area contributed by atoms with Crippen LogP contribution in [-0.4, -0.2) is 22.4 Å². The van der Waals surface area contributed by atoms with Crippen LogP contribution in [0.1, 0.15) is 5.56 Å². The molecule has 1 heterocycles. The second kappa shape index (κ2) is 3.85. The molecule has 2 N–H and O–H groups in total. The molecule has 0 aliphatic carbocycles. The number of hydrogen-bond donors (Lipinski definition) is 2. The van der Waals surface area contributed by atoms with Gasteiger partial charge >= 0.3 is 13.5 Å². The summed E-state index contributed by atoms with van der Waals surface area (Å²) in [4.78, 5) is 3.24. The molecule has 1 rings (SSSR count). The summed E-state index contributed by atoms with van der Waals surface area (Å²) in [5.74, 6) is -0.366. The Labute approximate surface area is 77.1 Å². The fourth-order valence-corrected chi connectivity index (χ4v) is 0.760. The fourth-order valence-electron chi connectivity index (χ4n) is 0.760. The molecule has 0 bridgehead atoms. The number of aromatic nitrogens is 1. The third-order valence-corrected chi connectivity index (χ3v) is 1.28. The van der Waals surface area contributed by atoms with Crippen molar-refractivity contribution in [3.63, 3.8) is 0 Å². The van der Waals surface area contributed by atoms with Crippen LogP contribution in [-0.2, 0) is 6.18 Å². The third-order valence-electron chi connectivity index (χ3n) is 1.28. The van der Waals surface area contributed by atoms with Crippen molar-refractivity contribution in [3.8, 4) is 5.75 Å². The second-order valence-corrected chi connectivity index (χ2v) is 2.35. The molecule has 4 nitrogen and oxygen atoms in total. The van der Waals surface area contributed by atoms with E-state index in [2.05, 4.69) is 9.64 Å². The Bertz CT molecular complexity index is 317. The van der Waals surface area contributed by atoms with Gasteiger partial charge in [0.15, 0.2) is 0 Å². The zero-order chi connectivity index (χ0) is 10.8. The van der Waals surface area contributed by atoms with Gasteiger partial charge in [-0.15, -0.1) is 0 Å². The second-order valence-electron chi connectivity index (χ2n) is 2.35. The van der Waals surface area contributed by atoms with Crippen LogP contribution in [0, 0.1) is 0 Å². The quantitative estimate of drug-likeness (QED) is 0.691. The SMILES string of the molecule is OB(O)Oc1cncc(C(F)(F)F)c1. The van der Waals surface area contributed by atoms with Gasteiger partial charge in [-0.2, -0.15) is 13.2 Å². The Morgan fingerprint density at radius 1 is 1.29 bits per heavy atom. The summed E-state index contributed by atoms with van der Waals surface area (Å²) in [6, 6.07) is 0.617. The summed E-state index contributed by atoms with van der Waals surface area (Å²) < 4.78 is 40.5. The standard InChI is InChI=1S/C6H5BF3NO3/c8-6(9,10)4-1-5(3-11-2-4)14-7(12)13/h1-3,12-13H. The molecule has 1 aromatic heterocycles. The Kier molecular flexibility index (Phi) is 2.97. The van der Waals surface area contributed by atoms with E-state index in [1.54, 1.807) is 0 Å². The smallest absolute Gasteiger partial charge is 0.511 e.